The molecule has 0 radical (unpaired) electrons. The van der Waals surface area contributed by atoms with Crippen molar-refractivity contribution in [2.24, 2.45) is 0 Å². The molecule has 0 fully saturated rings. The second-order valence-electron chi connectivity index (χ2n) is 0. The summed E-state index contributed by atoms with van der Waals surface area (Å²) in [4.78, 5) is 0. The molecule has 0 aliphatic heterocycles. The summed E-state index contributed by atoms with van der Waals surface area (Å²) >= 11 is 0. The molecule has 0 atom stereocenters. The zero-order valence-electron chi connectivity index (χ0n) is 2.26. The van der Waals surface area contributed by atoms with E-state index in [4.69, 9.17) is 0 Å². The van der Waals surface area contributed by atoms with Gasteiger partial charge in [0.05, 0.1) is 0 Å². The van der Waals surface area contributed by atoms with Crippen LogP contribution in [0.4, 0.5) is 0 Å². The van der Waals surface area contributed by atoms with Crippen molar-refractivity contribution in [3.05, 3.63) is 0 Å². The summed E-state index contributed by atoms with van der Waals surface area (Å²) in [6.45, 7) is 0. The second-order valence-corrected chi connectivity index (χ2v) is 0. The first-order valence-corrected chi connectivity index (χ1v) is 0. The summed E-state index contributed by atoms with van der Waals surface area (Å²) in [6.07, 6.45) is 0. The maximum atomic E-state index is 0. The van der Waals surface area contributed by atoms with Crippen LogP contribution < -0.4 is 6.15 Å². The zero-order valence-corrected chi connectivity index (χ0v) is 5.20. The first-order valence-electron chi connectivity index (χ1n) is 0. The molecule has 5 N–H and O–H groups in total. The monoisotopic (exact) mass is 235 g/mol. The van der Waals surface area contributed by atoms with Crippen LogP contribution in [0.25, 0.3) is 0 Å². The van der Waals surface area contributed by atoms with Crippen LogP contribution in [0.15, 0.2) is 0 Å². The number of hydrogen-bond donors (Lipinski definition) is 1. The Labute approximate surface area is 38.9 Å². The van der Waals surface area contributed by atoms with E-state index >= 15 is 0 Å². The standard InChI is InChI=1S/H3N.H2O.O.W/h1H3;1H2;;/q;;-2;. The molecule has 0 aromatic rings. The molecule has 0 aromatic heterocycles. The smallest absolute Gasteiger partial charge is 0 e. The van der Waals surface area contributed by atoms with Crippen LogP contribution >= 0.6 is 0 Å². The van der Waals surface area contributed by atoms with Crippen LogP contribution in [0.3, 0.4) is 0 Å². The SMILES string of the molecule is [NH4+].[O-2].[OH-].[W]. The van der Waals surface area contributed by atoms with Crippen molar-refractivity contribution in [1.29, 1.82) is 0 Å². The average molecular weight is 235 g/mol. The Bertz CT molecular complexity index is 6.00. The van der Waals surface area contributed by atoms with Crippen LogP contribution in [0.2, 0.25) is 0 Å². The maximum absolute atomic E-state index is 0. The fraction of sp³-hybridized carbons (Fsp3) is 0. The topological polar surface area (TPSA) is 95.0 Å². The van der Waals surface area contributed by atoms with Gasteiger partial charge in [-0.05, 0) is 0 Å². The zero-order chi connectivity index (χ0) is 0. The minimum Gasteiger partial charge on any atom is -2.00 e. The quantitative estimate of drug-likeness (QED) is 0.631. The Kier molecular flexibility index (Phi) is 3280. The van der Waals surface area contributed by atoms with Gasteiger partial charge in [0.25, 0.3) is 0 Å². The van der Waals surface area contributed by atoms with Crippen LogP contribution in [-0.4, -0.2) is 5.48 Å². The molecule has 0 saturated heterocycles. The van der Waals surface area contributed by atoms with E-state index in [2.05, 4.69) is 0 Å². The summed E-state index contributed by atoms with van der Waals surface area (Å²) < 4.78 is 0. The Morgan fingerprint density at radius 3 is 1.00 bits per heavy atom. The Morgan fingerprint density at radius 1 is 1.00 bits per heavy atom. The third-order valence-electron chi connectivity index (χ3n) is 0. The van der Waals surface area contributed by atoms with E-state index in [9.17, 15) is 0 Å². The Balaban J connectivity index is 0. The van der Waals surface area contributed by atoms with Crippen LogP contribution in [0.1, 0.15) is 0 Å². The van der Waals surface area contributed by atoms with Crippen molar-refractivity contribution >= 4 is 0 Å². The molecule has 0 amide bonds. The predicted octanol–water partition coefficient (Wildman–Crippen LogP) is 0.0781. The van der Waals surface area contributed by atoms with Gasteiger partial charge < -0.3 is 17.1 Å². The van der Waals surface area contributed by atoms with E-state index in [1.54, 1.807) is 0 Å². The minimum absolute atomic E-state index is 0. The first-order chi connectivity index (χ1) is 0. The van der Waals surface area contributed by atoms with E-state index < -0.39 is 0 Å². The molecule has 0 rings (SSSR count). The molecule has 0 saturated carbocycles. The molecule has 0 bridgehead atoms. The molecule has 3 nitrogen and oxygen atoms in total. The van der Waals surface area contributed by atoms with Crippen LogP contribution in [-0.2, 0) is 26.5 Å². The molecule has 30 valence electrons. The molecular formula is H5NO2W-2. The van der Waals surface area contributed by atoms with Gasteiger partial charge in [0.15, 0.2) is 0 Å². The largest absolute Gasteiger partial charge is 2.00 e. The van der Waals surface area contributed by atoms with Crippen LogP contribution in [0, 0.1) is 0 Å². The fourth-order valence-corrected chi connectivity index (χ4v) is 0. The van der Waals surface area contributed by atoms with Gasteiger partial charge in [0, 0.05) is 21.1 Å². The average Bonchev–Trinajstić information content (AvgIpc) is 0. The molecule has 0 spiro atoms. The van der Waals surface area contributed by atoms with Gasteiger partial charge in [-0.3, -0.25) is 0 Å². The maximum Gasteiger partial charge on any atom is 0 e. The molecule has 0 aliphatic rings. The minimum atomic E-state index is 0. The fourth-order valence-electron chi connectivity index (χ4n) is 0. The van der Waals surface area contributed by atoms with E-state index in [1.807, 2.05) is 0 Å². The molecule has 0 aromatic carbocycles. The van der Waals surface area contributed by atoms with Gasteiger partial charge >= 0.3 is 0 Å². The van der Waals surface area contributed by atoms with E-state index in [-0.39, 0.29) is 38.2 Å². The molecule has 0 aliphatic carbocycles. The summed E-state index contributed by atoms with van der Waals surface area (Å²) in [5.74, 6) is 0. The van der Waals surface area contributed by atoms with Gasteiger partial charge in [-0.15, -0.1) is 0 Å². The van der Waals surface area contributed by atoms with Crippen molar-refractivity contribution in [1.82, 2.24) is 6.15 Å². The van der Waals surface area contributed by atoms with Gasteiger partial charge in [-0.25, -0.2) is 0 Å². The third kappa shape index (κ3) is 19.6. The summed E-state index contributed by atoms with van der Waals surface area (Å²) in [5, 5.41) is 0. The van der Waals surface area contributed by atoms with Gasteiger partial charge in [0.2, 0.25) is 0 Å². The number of hydrogen-bond acceptors (Lipinski definition) is 1. The van der Waals surface area contributed by atoms with E-state index in [0.29, 0.717) is 0 Å². The number of rotatable bonds is 0. The van der Waals surface area contributed by atoms with E-state index in [1.165, 1.54) is 0 Å². The number of quaternary nitrogens is 1. The first kappa shape index (κ1) is 180. The normalized spacial score (nSPS) is 0. The summed E-state index contributed by atoms with van der Waals surface area (Å²) in [6, 6.07) is 0. The van der Waals surface area contributed by atoms with Crippen LogP contribution in [0.5, 0.6) is 0 Å². The third-order valence-corrected chi connectivity index (χ3v) is 0. The molecular weight excluding hydrogens is 230 g/mol. The van der Waals surface area contributed by atoms with Gasteiger partial charge in [0.1, 0.15) is 0 Å². The Hall–Kier alpha value is 0.568. The van der Waals surface area contributed by atoms with Crippen molar-refractivity contribution < 1.29 is 32.0 Å². The van der Waals surface area contributed by atoms with Crippen molar-refractivity contribution in [2.45, 2.75) is 0 Å². The second kappa shape index (κ2) is 72.9. The van der Waals surface area contributed by atoms with Crippen molar-refractivity contribution in [3.63, 3.8) is 0 Å². The summed E-state index contributed by atoms with van der Waals surface area (Å²) in [7, 11) is 0. The van der Waals surface area contributed by atoms with Gasteiger partial charge in [-0.1, -0.05) is 0 Å². The van der Waals surface area contributed by atoms with Crippen molar-refractivity contribution in [2.75, 3.05) is 0 Å². The predicted molar refractivity (Wildman–Crippen MR) is 8.61 cm³/mol. The Morgan fingerprint density at radius 2 is 1.00 bits per heavy atom. The van der Waals surface area contributed by atoms with Gasteiger partial charge in [-0.2, -0.15) is 0 Å². The molecule has 0 heterocycles. The van der Waals surface area contributed by atoms with E-state index in [0.717, 1.165) is 0 Å². The van der Waals surface area contributed by atoms with Crippen molar-refractivity contribution in [3.8, 4) is 0 Å². The molecule has 0 unspecified atom stereocenters. The summed E-state index contributed by atoms with van der Waals surface area (Å²) in [5.41, 5.74) is 0. The molecule has 4 heteroatoms. The molecule has 4 heavy (non-hydrogen) atoms.